The molecule has 1 fully saturated rings. The summed E-state index contributed by atoms with van der Waals surface area (Å²) in [5.74, 6) is -3.77. The average molecular weight is 311 g/mol. The van der Waals surface area contributed by atoms with Crippen LogP contribution in [0, 0.1) is 0 Å². The van der Waals surface area contributed by atoms with Gasteiger partial charge in [-0.15, -0.1) is 0 Å². The molecule has 0 amide bonds. The van der Waals surface area contributed by atoms with Crippen molar-refractivity contribution in [3.63, 3.8) is 0 Å². The molecule has 21 heavy (non-hydrogen) atoms. The van der Waals surface area contributed by atoms with E-state index in [1.165, 1.54) is 24.3 Å². The van der Waals surface area contributed by atoms with Crippen LogP contribution in [0.3, 0.4) is 0 Å². The Kier molecular flexibility index (Phi) is 3.67. The quantitative estimate of drug-likeness (QED) is 0.613. The molecule has 2 atom stereocenters. The first-order chi connectivity index (χ1) is 9.61. The molecule has 116 valence electrons. The maximum Gasteiger partial charge on any atom is 0.425 e. The van der Waals surface area contributed by atoms with Gasteiger partial charge < -0.3 is 4.84 Å². The van der Waals surface area contributed by atoms with Gasteiger partial charge in [-0.2, -0.15) is 13.2 Å². The highest BCUT2D eigenvalue weighted by Gasteiger charge is 2.73. The van der Waals surface area contributed by atoms with Crippen molar-refractivity contribution < 1.29 is 31.2 Å². The molecule has 0 N–H and O–H groups in total. The van der Waals surface area contributed by atoms with Gasteiger partial charge in [0.1, 0.15) is 11.1 Å². The van der Waals surface area contributed by atoms with Gasteiger partial charge in [0.05, 0.1) is 0 Å². The van der Waals surface area contributed by atoms with Gasteiger partial charge in [0, 0.05) is 0 Å². The van der Waals surface area contributed by atoms with Crippen molar-refractivity contribution in [2.45, 2.75) is 30.6 Å². The fourth-order valence-electron chi connectivity index (χ4n) is 2.20. The first-order valence-corrected chi connectivity index (χ1v) is 5.95. The summed E-state index contributed by atoms with van der Waals surface area (Å²) >= 11 is 0. The number of benzene rings is 1. The maximum atomic E-state index is 13.8. The number of alkyl halides is 6. The molecule has 0 bridgehead atoms. The van der Waals surface area contributed by atoms with E-state index in [1.54, 1.807) is 6.07 Å². The first-order valence-electron chi connectivity index (χ1n) is 5.95. The standard InChI is InChI=1S/C13H11F6NO/c1-11(8-5-3-2-4-6-8)10(9(14)13(11,18)19)20-21-7-12(15,16)17/h2-6,9H,7H2,1H3. The molecule has 0 spiro atoms. The monoisotopic (exact) mass is 311 g/mol. The number of halogens is 6. The number of hydrogen-bond acceptors (Lipinski definition) is 2. The van der Waals surface area contributed by atoms with Crippen LogP contribution in [0.1, 0.15) is 12.5 Å². The Morgan fingerprint density at radius 3 is 2.29 bits per heavy atom. The third-order valence-electron chi connectivity index (χ3n) is 3.48. The fraction of sp³-hybridized carbons (Fsp3) is 0.462. The van der Waals surface area contributed by atoms with E-state index in [-0.39, 0.29) is 5.56 Å². The normalized spacial score (nSPS) is 30.0. The Morgan fingerprint density at radius 1 is 1.19 bits per heavy atom. The molecule has 0 aromatic heterocycles. The van der Waals surface area contributed by atoms with Gasteiger partial charge in [0.15, 0.2) is 0 Å². The van der Waals surface area contributed by atoms with Crippen LogP contribution in [0.4, 0.5) is 26.3 Å². The van der Waals surface area contributed by atoms with Crippen molar-refractivity contribution >= 4 is 5.71 Å². The molecule has 2 nitrogen and oxygen atoms in total. The molecule has 8 heteroatoms. The maximum absolute atomic E-state index is 13.8. The van der Waals surface area contributed by atoms with E-state index in [4.69, 9.17) is 0 Å². The second kappa shape index (κ2) is 4.92. The predicted octanol–water partition coefficient (Wildman–Crippen LogP) is 3.87. The summed E-state index contributed by atoms with van der Waals surface area (Å²) in [4.78, 5) is 3.97. The lowest BCUT2D eigenvalue weighted by Gasteiger charge is -2.49. The van der Waals surface area contributed by atoms with Gasteiger partial charge in [-0.05, 0) is 12.5 Å². The largest absolute Gasteiger partial charge is 0.425 e. The minimum absolute atomic E-state index is 0.0539. The van der Waals surface area contributed by atoms with E-state index >= 15 is 0 Å². The molecule has 1 aromatic carbocycles. The van der Waals surface area contributed by atoms with E-state index in [2.05, 4.69) is 9.99 Å². The zero-order valence-corrected chi connectivity index (χ0v) is 10.8. The Labute approximate surface area is 116 Å². The van der Waals surface area contributed by atoms with Gasteiger partial charge >= 0.3 is 6.18 Å². The van der Waals surface area contributed by atoms with E-state index in [0.717, 1.165) is 6.92 Å². The molecule has 1 aromatic rings. The smallest absolute Gasteiger partial charge is 0.386 e. The molecule has 1 saturated carbocycles. The molecule has 0 radical (unpaired) electrons. The molecule has 2 unspecified atom stereocenters. The summed E-state index contributed by atoms with van der Waals surface area (Å²) in [6.45, 7) is -0.742. The molecule has 0 heterocycles. The van der Waals surface area contributed by atoms with Crippen molar-refractivity contribution in [2.75, 3.05) is 6.61 Å². The minimum atomic E-state index is -4.68. The Hall–Kier alpha value is -1.73. The summed E-state index contributed by atoms with van der Waals surface area (Å²) in [5.41, 5.74) is -2.82. The summed E-state index contributed by atoms with van der Waals surface area (Å²) in [6, 6.07) is 7.18. The van der Waals surface area contributed by atoms with Crippen molar-refractivity contribution in [1.29, 1.82) is 0 Å². The van der Waals surface area contributed by atoms with Crippen LogP contribution in [0.25, 0.3) is 0 Å². The number of oxime groups is 1. The molecule has 1 aliphatic rings. The summed E-state index contributed by atoms with van der Waals surface area (Å²) in [6.07, 6.45) is -7.44. The second-order valence-corrected chi connectivity index (χ2v) is 4.84. The van der Waals surface area contributed by atoms with E-state index in [1.807, 2.05) is 0 Å². The van der Waals surface area contributed by atoms with Gasteiger partial charge in [0.25, 0.3) is 5.92 Å². The zero-order chi connectivity index (χ0) is 15.9. The van der Waals surface area contributed by atoms with Crippen molar-refractivity contribution in [3.8, 4) is 0 Å². The van der Waals surface area contributed by atoms with Crippen molar-refractivity contribution in [1.82, 2.24) is 0 Å². The lowest BCUT2D eigenvalue weighted by atomic mass is 9.59. The number of hydrogen-bond donors (Lipinski definition) is 0. The topological polar surface area (TPSA) is 21.6 Å². The molecule has 0 aliphatic heterocycles. The van der Waals surface area contributed by atoms with Crippen LogP contribution >= 0.6 is 0 Å². The average Bonchev–Trinajstić information content (AvgIpc) is 2.42. The van der Waals surface area contributed by atoms with E-state index in [0.29, 0.717) is 0 Å². The fourth-order valence-corrected chi connectivity index (χ4v) is 2.20. The van der Waals surface area contributed by atoms with Gasteiger partial charge in [-0.1, -0.05) is 35.5 Å². The third-order valence-corrected chi connectivity index (χ3v) is 3.48. The third kappa shape index (κ3) is 2.47. The molecular weight excluding hydrogens is 300 g/mol. The van der Waals surface area contributed by atoms with Gasteiger partial charge in [-0.3, -0.25) is 0 Å². The molecule has 1 aliphatic carbocycles. The van der Waals surface area contributed by atoms with Crippen LogP contribution < -0.4 is 0 Å². The van der Waals surface area contributed by atoms with Crippen LogP contribution in [0.5, 0.6) is 0 Å². The summed E-state index contributed by atoms with van der Waals surface area (Å²) in [5, 5.41) is 2.96. The highest BCUT2D eigenvalue weighted by atomic mass is 19.4. The minimum Gasteiger partial charge on any atom is -0.386 e. The number of rotatable bonds is 3. The van der Waals surface area contributed by atoms with E-state index in [9.17, 15) is 26.3 Å². The van der Waals surface area contributed by atoms with Crippen LogP contribution in [0.15, 0.2) is 35.5 Å². The van der Waals surface area contributed by atoms with Crippen molar-refractivity contribution in [2.24, 2.45) is 5.16 Å². The lowest BCUT2D eigenvalue weighted by Crippen LogP contribution is -2.70. The lowest BCUT2D eigenvalue weighted by molar-refractivity contribution is -0.176. The van der Waals surface area contributed by atoms with Gasteiger partial charge in [0.2, 0.25) is 12.8 Å². The molecular formula is C13H11F6NO. The second-order valence-electron chi connectivity index (χ2n) is 4.84. The molecule has 0 saturated heterocycles. The van der Waals surface area contributed by atoms with Crippen LogP contribution in [-0.2, 0) is 10.3 Å². The first kappa shape index (κ1) is 15.7. The Balaban J connectivity index is 2.30. The van der Waals surface area contributed by atoms with Crippen molar-refractivity contribution in [3.05, 3.63) is 35.9 Å². The Bertz CT molecular complexity index is 541. The SMILES string of the molecule is CC1(c2ccccc2)C(=NOCC(F)(F)F)C(F)C1(F)F. The highest BCUT2D eigenvalue weighted by Crippen LogP contribution is 2.54. The van der Waals surface area contributed by atoms with Gasteiger partial charge in [-0.25, -0.2) is 13.2 Å². The summed E-state index contributed by atoms with van der Waals surface area (Å²) in [7, 11) is 0. The van der Waals surface area contributed by atoms with E-state index < -0.39 is 36.0 Å². The van der Waals surface area contributed by atoms with Crippen LogP contribution in [0.2, 0.25) is 0 Å². The highest BCUT2D eigenvalue weighted by molar-refractivity contribution is 6.06. The van der Waals surface area contributed by atoms with Crippen LogP contribution in [-0.4, -0.2) is 30.6 Å². The zero-order valence-electron chi connectivity index (χ0n) is 10.8. The number of nitrogens with zero attached hydrogens (tertiary/aromatic N) is 1. The molecule has 2 rings (SSSR count). The summed E-state index contributed by atoms with van der Waals surface area (Å²) < 4.78 is 77.1. The Morgan fingerprint density at radius 2 is 1.76 bits per heavy atom. The predicted molar refractivity (Wildman–Crippen MR) is 63.1 cm³/mol.